The fourth-order valence-corrected chi connectivity index (χ4v) is 4.26. The average Bonchev–Trinajstić information content (AvgIpc) is 3.04. The second-order valence-electron chi connectivity index (χ2n) is 6.04. The van der Waals surface area contributed by atoms with Crippen molar-refractivity contribution >= 4 is 39.0 Å². The molecule has 10 heteroatoms. The summed E-state index contributed by atoms with van der Waals surface area (Å²) < 4.78 is 5.70. The highest BCUT2D eigenvalue weighted by Crippen LogP contribution is 2.39. The molecule has 9 nitrogen and oxygen atoms in total. The van der Waals surface area contributed by atoms with Crippen molar-refractivity contribution < 1.29 is 9.53 Å². The van der Waals surface area contributed by atoms with Crippen LogP contribution in [0.1, 0.15) is 31.4 Å². The van der Waals surface area contributed by atoms with Crippen LogP contribution in [0, 0.1) is 11.3 Å². The molecule has 4 heterocycles. The molecule has 0 saturated carbocycles. The Kier molecular flexibility index (Phi) is 3.53. The number of carbonyl (C=O) groups excluding carboxylic acids is 1. The smallest absolute Gasteiger partial charge is 0.404 e. The minimum absolute atomic E-state index is 0.170. The Morgan fingerprint density at radius 2 is 2.08 bits per heavy atom. The van der Waals surface area contributed by atoms with Crippen LogP contribution in [0.15, 0.2) is 4.60 Å². The van der Waals surface area contributed by atoms with E-state index in [1.54, 1.807) is 0 Å². The molecule has 3 N–H and O–H groups in total. The lowest BCUT2D eigenvalue weighted by Gasteiger charge is -2.38. The minimum Gasteiger partial charge on any atom is -0.446 e. The number of rotatable bonds is 2. The predicted molar refractivity (Wildman–Crippen MR) is 87.1 cm³/mol. The molecule has 24 heavy (non-hydrogen) atoms. The average molecular weight is 392 g/mol. The molecule has 2 aromatic heterocycles. The molecule has 4 rings (SSSR count). The third kappa shape index (κ3) is 2.36. The number of nitrogens with one attached hydrogen (secondary N) is 1. The van der Waals surface area contributed by atoms with Crippen molar-refractivity contribution in [3.63, 3.8) is 0 Å². The Bertz CT molecular complexity index is 847. The van der Waals surface area contributed by atoms with Gasteiger partial charge in [0, 0.05) is 24.9 Å². The van der Waals surface area contributed by atoms with Gasteiger partial charge in [0.15, 0.2) is 11.3 Å². The van der Waals surface area contributed by atoms with E-state index in [-0.39, 0.29) is 23.9 Å². The highest BCUT2D eigenvalue weighted by atomic mass is 79.9. The van der Waals surface area contributed by atoms with Gasteiger partial charge < -0.3 is 15.4 Å². The van der Waals surface area contributed by atoms with E-state index in [4.69, 9.17) is 10.5 Å². The number of aromatic nitrogens is 4. The maximum atomic E-state index is 11.0. The van der Waals surface area contributed by atoms with Gasteiger partial charge in [0.25, 0.3) is 0 Å². The van der Waals surface area contributed by atoms with E-state index in [0.29, 0.717) is 34.4 Å². The molecule has 2 atom stereocenters. The van der Waals surface area contributed by atoms with Crippen LogP contribution < -0.4 is 10.6 Å². The normalized spacial score (nSPS) is 25.7. The molecule has 0 aromatic carbocycles. The molecule has 0 spiro atoms. The van der Waals surface area contributed by atoms with Gasteiger partial charge in [-0.3, -0.25) is 5.10 Å². The molecule has 0 radical (unpaired) electrons. The largest absolute Gasteiger partial charge is 0.446 e. The fraction of sp³-hybridized carbons (Fsp3) is 0.500. The van der Waals surface area contributed by atoms with Crippen LogP contribution in [0.3, 0.4) is 0 Å². The molecule has 2 aliphatic rings. The van der Waals surface area contributed by atoms with Gasteiger partial charge in [0.1, 0.15) is 16.8 Å². The number of nitrogens with two attached hydrogens (primary N) is 1. The number of fused-ring (bicyclic) bond motifs is 3. The zero-order valence-electron chi connectivity index (χ0n) is 12.6. The predicted octanol–water partition coefficient (Wildman–Crippen LogP) is 1.58. The van der Waals surface area contributed by atoms with Crippen molar-refractivity contribution in [3.8, 4) is 6.07 Å². The summed E-state index contributed by atoms with van der Waals surface area (Å²) >= 11 is 3.30. The molecule has 0 aliphatic carbocycles. The lowest BCUT2D eigenvalue weighted by molar-refractivity contribution is 0.0805. The zero-order chi connectivity index (χ0) is 16.8. The number of primary amides is 1. The van der Waals surface area contributed by atoms with Gasteiger partial charge in [-0.15, -0.1) is 0 Å². The number of hydrogen-bond acceptors (Lipinski definition) is 7. The van der Waals surface area contributed by atoms with Crippen molar-refractivity contribution in [1.82, 2.24) is 20.2 Å². The molecule has 2 unspecified atom stereocenters. The number of amides is 1. The first-order valence-electron chi connectivity index (χ1n) is 7.63. The summed E-state index contributed by atoms with van der Waals surface area (Å²) in [7, 11) is 0. The molecular formula is C14H14BrN7O2. The van der Waals surface area contributed by atoms with Gasteiger partial charge in [-0.05, 0) is 28.8 Å². The zero-order valence-corrected chi connectivity index (χ0v) is 14.2. The van der Waals surface area contributed by atoms with Crippen molar-refractivity contribution in [3.05, 3.63) is 10.3 Å². The molecule has 2 saturated heterocycles. The van der Waals surface area contributed by atoms with Gasteiger partial charge >= 0.3 is 6.09 Å². The monoisotopic (exact) mass is 391 g/mol. The second-order valence-corrected chi connectivity index (χ2v) is 6.80. The first-order valence-corrected chi connectivity index (χ1v) is 8.42. The summed E-state index contributed by atoms with van der Waals surface area (Å²) in [5, 5.41) is 16.8. The van der Waals surface area contributed by atoms with Gasteiger partial charge in [0.05, 0.1) is 5.39 Å². The number of ether oxygens (including phenoxy) is 1. The van der Waals surface area contributed by atoms with E-state index in [1.807, 2.05) is 0 Å². The number of nitrogens with zero attached hydrogens (tertiary/aromatic N) is 5. The van der Waals surface area contributed by atoms with Gasteiger partial charge in [-0.2, -0.15) is 15.3 Å². The number of nitriles is 1. The summed E-state index contributed by atoms with van der Waals surface area (Å²) in [6, 6.07) is 2.45. The number of halogens is 1. The second kappa shape index (κ2) is 5.59. The Balaban J connectivity index is 1.69. The molecular weight excluding hydrogens is 378 g/mol. The molecule has 2 bridgehead atoms. The Morgan fingerprint density at radius 3 is 2.71 bits per heavy atom. The quantitative estimate of drug-likeness (QED) is 0.793. The standard InChI is InChI=1S/C14H14BrN7O2/c15-11-10-9(5-16)18-14(19-12(10)21-20-11)22-6-1-2-7(22)4-8(3-6)24-13(17)23/h6-8H,1-4H2,(H2,17,23)(H,18,19,20,21). The van der Waals surface area contributed by atoms with Gasteiger partial charge in [-0.25, -0.2) is 9.78 Å². The maximum Gasteiger partial charge on any atom is 0.404 e. The third-order valence-electron chi connectivity index (χ3n) is 4.67. The van der Waals surface area contributed by atoms with Crippen molar-refractivity contribution in [1.29, 1.82) is 5.26 Å². The first-order chi connectivity index (χ1) is 11.6. The number of aromatic amines is 1. The lowest BCUT2D eigenvalue weighted by atomic mass is 10.00. The number of hydrogen-bond donors (Lipinski definition) is 2. The summed E-state index contributed by atoms with van der Waals surface area (Å²) in [5.74, 6) is 0.514. The van der Waals surface area contributed by atoms with Crippen LogP contribution in [0.4, 0.5) is 10.7 Å². The number of carbonyl (C=O) groups is 1. The van der Waals surface area contributed by atoms with Crippen LogP contribution in [0.5, 0.6) is 0 Å². The summed E-state index contributed by atoms with van der Waals surface area (Å²) in [4.78, 5) is 22.1. The van der Waals surface area contributed by atoms with E-state index in [9.17, 15) is 10.1 Å². The Hall–Kier alpha value is -2.41. The first kappa shape index (κ1) is 15.1. The summed E-state index contributed by atoms with van der Waals surface area (Å²) in [6.07, 6.45) is 2.42. The van der Waals surface area contributed by atoms with E-state index >= 15 is 0 Å². The van der Waals surface area contributed by atoms with Crippen LogP contribution >= 0.6 is 15.9 Å². The van der Waals surface area contributed by atoms with Crippen molar-refractivity contribution in [2.75, 3.05) is 4.90 Å². The topological polar surface area (TPSA) is 134 Å². The summed E-state index contributed by atoms with van der Waals surface area (Å²) in [6.45, 7) is 0. The fourth-order valence-electron chi connectivity index (χ4n) is 3.79. The summed E-state index contributed by atoms with van der Waals surface area (Å²) in [5.41, 5.74) is 5.94. The van der Waals surface area contributed by atoms with Crippen LogP contribution in [-0.2, 0) is 4.74 Å². The highest BCUT2D eigenvalue weighted by molar-refractivity contribution is 9.10. The van der Waals surface area contributed by atoms with E-state index in [1.165, 1.54) is 0 Å². The number of H-pyrrole nitrogens is 1. The van der Waals surface area contributed by atoms with Crippen LogP contribution in [-0.4, -0.2) is 44.4 Å². The maximum absolute atomic E-state index is 11.0. The lowest BCUT2D eigenvalue weighted by Crippen LogP contribution is -2.47. The molecule has 1 amide bonds. The van der Waals surface area contributed by atoms with E-state index < -0.39 is 6.09 Å². The van der Waals surface area contributed by atoms with Crippen LogP contribution in [0.2, 0.25) is 0 Å². The minimum atomic E-state index is -0.736. The highest BCUT2D eigenvalue weighted by Gasteiger charge is 2.43. The van der Waals surface area contributed by atoms with E-state index in [0.717, 1.165) is 12.8 Å². The van der Waals surface area contributed by atoms with Crippen LogP contribution in [0.25, 0.3) is 11.0 Å². The third-order valence-corrected chi connectivity index (χ3v) is 5.25. The number of anilines is 1. The van der Waals surface area contributed by atoms with E-state index in [2.05, 4.69) is 47.1 Å². The number of piperidine rings is 1. The van der Waals surface area contributed by atoms with Gasteiger partial charge in [0.2, 0.25) is 5.95 Å². The van der Waals surface area contributed by atoms with Crippen molar-refractivity contribution in [2.24, 2.45) is 5.73 Å². The molecule has 124 valence electrons. The Labute approximate surface area is 145 Å². The van der Waals surface area contributed by atoms with Gasteiger partial charge in [-0.1, -0.05) is 0 Å². The van der Waals surface area contributed by atoms with Crippen molar-refractivity contribution in [2.45, 2.75) is 43.9 Å². The Morgan fingerprint density at radius 1 is 1.38 bits per heavy atom. The molecule has 2 fully saturated rings. The molecule has 2 aliphatic heterocycles. The SMILES string of the molecule is N#Cc1nc(N2C3CCC2CC(OC(N)=O)C3)nc2[nH]nc(Br)c12. The molecule has 2 aromatic rings.